The highest BCUT2D eigenvalue weighted by Gasteiger charge is 2.03. The number of ether oxygens (including phenoxy) is 2. The van der Waals surface area contributed by atoms with E-state index in [4.69, 9.17) is 21.1 Å². The van der Waals surface area contributed by atoms with Gasteiger partial charge in [-0.05, 0) is 36.8 Å². The van der Waals surface area contributed by atoms with Crippen LogP contribution in [-0.2, 0) is 0 Å². The number of anilines is 1. The minimum absolute atomic E-state index is 0.548. The zero-order valence-electron chi connectivity index (χ0n) is 11.7. The third-order valence-electron chi connectivity index (χ3n) is 3.01. The summed E-state index contributed by atoms with van der Waals surface area (Å²) in [6.45, 7) is 3.23. The lowest BCUT2D eigenvalue weighted by Gasteiger charge is -2.13. The number of rotatable bonds is 6. The molecule has 0 atom stereocenters. The van der Waals surface area contributed by atoms with E-state index in [9.17, 15) is 0 Å². The quantitative estimate of drug-likeness (QED) is 0.811. The zero-order valence-corrected chi connectivity index (χ0v) is 12.4. The molecule has 2 aromatic rings. The van der Waals surface area contributed by atoms with Gasteiger partial charge in [0.1, 0.15) is 6.61 Å². The van der Waals surface area contributed by atoms with Gasteiger partial charge < -0.3 is 14.8 Å². The minimum Gasteiger partial charge on any atom is -0.493 e. The Morgan fingerprint density at radius 2 is 1.80 bits per heavy atom. The highest BCUT2D eigenvalue weighted by molar-refractivity contribution is 6.31. The van der Waals surface area contributed by atoms with Crippen molar-refractivity contribution < 1.29 is 9.47 Å². The monoisotopic (exact) mass is 291 g/mol. The molecule has 0 bridgehead atoms. The topological polar surface area (TPSA) is 30.5 Å². The Hall–Kier alpha value is -1.87. The molecule has 0 heterocycles. The molecule has 106 valence electrons. The highest BCUT2D eigenvalue weighted by atomic mass is 35.5. The van der Waals surface area contributed by atoms with Gasteiger partial charge in [0.2, 0.25) is 0 Å². The maximum Gasteiger partial charge on any atom is 0.161 e. The summed E-state index contributed by atoms with van der Waals surface area (Å²) in [6, 6.07) is 13.4. The second-order valence-electron chi connectivity index (χ2n) is 4.34. The lowest BCUT2D eigenvalue weighted by atomic mass is 10.2. The number of nitrogens with one attached hydrogen (secondary N) is 1. The van der Waals surface area contributed by atoms with E-state index < -0.39 is 0 Å². The van der Waals surface area contributed by atoms with Crippen LogP contribution in [0.15, 0.2) is 42.5 Å². The molecule has 0 radical (unpaired) electrons. The van der Waals surface area contributed by atoms with Crippen LogP contribution < -0.4 is 14.8 Å². The Balaban J connectivity index is 1.86. The number of hydrogen-bond donors (Lipinski definition) is 1. The Labute approximate surface area is 124 Å². The average molecular weight is 292 g/mol. The van der Waals surface area contributed by atoms with Gasteiger partial charge in [0.05, 0.1) is 7.11 Å². The van der Waals surface area contributed by atoms with Gasteiger partial charge in [-0.1, -0.05) is 29.8 Å². The second-order valence-corrected chi connectivity index (χ2v) is 4.75. The predicted octanol–water partition coefficient (Wildman–Crippen LogP) is 4.15. The fourth-order valence-corrected chi connectivity index (χ4v) is 2.06. The van der Waals surface area contributed by atoms with Crippen molar-refractivity contribution in [3.05, 3.63) is 53.1 Å². The van der Waals surface area contributed by atoms with Gasteiger partial charge in [0.25, 0.3) is 0 Å². The maximum absolute atomic E-state index is 6.07. The molecule has 0 aliphatic carbocycles. The molecule has 2 aromatic carbocycles. The fraction of sp³-hybridized carbons (Fsp3) is 0.250. The normalized spacial score (nSPS) is 10.2. The van der Waals surface area contributed by atoms with Crippen LogP contribution in [0.4, 0.5) is 5.69 Å². The van der Waals surface area contributed by atoms with Gasteiger partial charge in [0, 0.05) is 17.3 Å². The van der Waals surface area contributed by atoms with E-state index in [0.29, 0.717) is 13.2 Å². The molecule has 0 aliphatic heterocycles. The maximum atomic E-state index is 6.07. The molecule has 0 saturated heterocycles. The molecule has 0 unspecified atom stereocenters. The molecule has 4 heteroatoms. The zero-order chi connectivity index (χ0) is 14.4. The van der Waals surface area contributed by atoms with E-state index in [2.05, 4.69) is 5.32 Å². The van der Waals surface area contributed by atoms with E-state index in [-0.39, 0.29) is 0 Å². The first kappa shape index (κ1) is 14.5. The molecule has 0 spiro atoms. The smallest absolute Gasteiger partial charge is 0.161 e. The molecule has 0 saturated carbocycles. The molecule has 20 heavy (non-hydrogen) atoms. The Bertz CT molecular complexity index is 572. The van der Waals surface area contributed by atoms with Crippen molar-refractivity contribution >= 4 is 17.3 Å². The molecule has 3 nitrogen and oxygen atoms in total. The summed E-state index contributed by atoms with van der Waals surface area (Å²) in [7, 11) is 1.63. The molecule has 0 aromatic heterocycles. The van der Waals surface area contributed by atoms with Crippen LogP contribution >= 0.6 is 11.6 Å². The number of methoxy groups -OCH3 is 1. The number of hydrogen-bond acceptors (Lipinski definition) is 3. The number of para-hydroxylation sites is 2. The van der Waals surface area contributed by atoms with Crippen LogP contribution in [0.3, 0.4) is 0 Å². The van der Waals surface area contributed by atoms with Crippen LogP contribution in [-0.4, -0.2) is 20.3 Å². The average Bonchev–Trinajstić information content (AvgIpc) is 2.48. The van der Waals surface area contributed by atoms with Crippen molar-refractivity contribution in [2.75, 3.05) is 25.6 Å². The molecule has 0 aliphatic rings. The van der Waals surface area contributed by atoms with Crippen LogP contribution in [0.2, 0.25) is 5.02 Å². The van der Waals surface area contributed by atoms with Gasteiger partial charge in [-0.3, -0.25) is 0 Å². The molecule has 0 amide bonds. The first-order chi connectivity index (χ1) is 9.72. The largest absolute Gasteiger partial charge is 0.493 e. The van der Waals surface area contributed by atoms with Crippen molar-refractivity contribution in [1.82, 2.24) is 0 Å². The third kappa shape index (κ3) is 3.58. The molecule has 2 rings (SSSR count). The van der Waals surface area contributed by atoms with E-state index in [0.717, 1.165) is 27.8 Å². The standard InChI is InChI=1S/C16H18ClNO2/c1-12-13(17)6-5-7-14(12)18-10-11-20-16-9-4-3-8-15(16)19-2/h3-9,18H,10-11H2,1-2H3. The van der Waals surface area contributed by atoms with Crippen molar-refractivity contribution in [3.8, 4) is 11.5 Å². The van der Waals surface area contributed by atoms with Gasteiger partial charge in [-0.2, -0.15) is 0 Å². The van der Waals surface area contributed by atoms with E-state index in [1.807, 2.05) is 49.4 Å². The van der Waals surface area contributed by atoms with Crippen molar-refractivity contribution in [2.45, 2.75) is 6.92 Å². The van der Waals surface area contributed by atoms with Gasteiger partial charge in [-0.15, -0.1) is 0 Å². The van der Waals surface area contributed by atoms with Crippen molar-refractivity contribution in [1.29, 1.82) is 0 Å². The lowest BCUT2D eigenvalue weighted by Crippen LogP contribution is -2.12. The molecule has 1 N–H and O–H groups in total. The minimum atomic E-state index is 0.548. The van der Waals surface area contributed by atoms with E-state index >= 15 is 0 Å². The Morgan fingerprint density at radius 1 is 1.05 bits per heavy atom. The van der Waals surface area contributed by atoms with E-state index in [1.54, 1.807) is 7.11 Å². The van der Waals surface area contributed by atoms with Crippen molar-refractivity contribution in [3.63, 3.8) is 0 Å². The van der Waals surface area contributed by atoms with Crippen LogP contribution in [0.5, 0.6) is 11.5 Å². The summed E-state index contributed by atoms with van der Waals surface area (Å²) in [6.07, 6.45) is 0. The molecular weight excluding hydrogens is 274 g/mol. The summed E-state index contributed by atoms with van der Waals surface area (Å²) in [4.78, 5) is 0. The number of halogens is 1. The first-order valence-electron chi connectivity index (χ1n) is 6.47. The SMILES string of the molecule is COc1ccccc1OCCNc1cccc(Cl)c1C. The summed E-state index contributed by atoms with van der Waals surface area (Å²) >= 11 is 6.07. The predicted molar refractivity (Wildman–Crippen MR) is 83.2 cm³/mol. The third-order valence-corrected chi connectivity index (χ3v) is 3.42. The summed E-state index contributed by atoms with van der Waals surface area (Å²) in [5, 5.41) is 4.08. The van der Waals surface area contributed by atoms with Gasteiger partial charge in [-0.25, -0.2) is 0 Å². The molecular formula is C16H18ClNO2. The van der Waals surface area contributed by atoms with Crippen LogP contribution in [0.1, 0.15) is 5.56 Å². The van der Waals surface area contributed by atoms with Crippen LogP contribution in [0.25, 0.3) is 0 Å². The van der Waals surface area contributed by atoms with Crippen molar-refractivity contribution in [2.24, 2.45) is 0 Å². The fourth-order valence-electron chi connectivity index (χ4n) is 1.88. The second kappa shape index (κ2) is 7.06. The first-order valence-corrected chi connectivity index (χ1v) is 6.85. The summed E-state index contributed by atoms with van der Waals surface area (Å²) in [5.41, 5.74) is 2.08. The summed E-state index contributed by atoms with van der Waals surface area (Å²) < 4.78 is 10.9. The summed E-state index contributed by atoms with van der Waals surface area (Å²) in [5.74, 6) is 1.49. The Morgan fingerprint density at radius 3 is 2.55 bits per heavy atom. The van der Waals surface area contributed by atoms with Gasteiger partial charge >= 0.3 is 0 Å². The Kier molecular flexibility index (Phi) is 5.13. The highest BCUT2D eigenvalue weighted by Crippen LogP contribution is 2.26. The van der Waals surface area contributed by atoms with Gasteiger partial charge in [0.15, 0.2) is 11.5 Å². The lowest BCUT2D eigenvalue weighted by molar-refractivity contribution is 0.306. The van der Waals surface area contributed by atoms with E-state index in [1.165, 1.54) is 0 Å². The number of benzene rings is 2. The molecule has 0 fully saturated rings. The van der Waals surface area contributed by atoms with Crippen LogP contribution in [0, 0.1) is 6.92 Å².